The first kappa shape index (κ1) is 13.4. The summed E-state index contributed by atoms with van der Waals surface area (Å²) in [5.41, 5.74) is 3.71. The van der Waals surface area contributed by atoms with Gasteiger partial charge in [-0.15, -0.1) is 0 Å². The Bertz CT molecular complexity index is 694. The van der Waals surface area contributed by atoms with Crippen LogP contribution in [0.2, 0.25) is 5.02 Å². The van der Waals surface area contributed by atoms with Crippen molar-refractivity contribution < 1.29 is 4.79 Å². The third kappa shape index (κ3) is 2.27. The van der Waals surface area contributed by atoms with Gasteiger partial charge in [0.15, 0.2) is 0 Å². The molecular formula is C16H17ClN2O. The quantitative estimate of drug-likeness (QED) is 0.919. The molecule has 1 aromatic heterocycles. The van der Waals surface area contributed by atoms with Gasteiger partial charge in [-0.2, -0.15) is 0 Å². The Morgan fingerprint density at radius 2 is 2.15 bits per heavy atom. The summed E-state index contributed by atoms with van der Waals surface area (Å²) in [6.07, 6.45) is 3.10. The Morgan fingerprint density at radius 1 is 1.35 bits per heavy atom. The number of carbonyl (C=O) groups is 1. The van der Waals surface area contributed by atoms with Crippen molar-refractivity contribution in [1.29, 1.82) is 0 Å². The lowest BCUT2D eigenvalue weighted by atomic mass is 10.1. The van der Waals surface area contributed by atoms with Crippen LogP contribution in [-0.2, 0) is 12.8 Å². The predicted octanol–water partition coefficient (Wildman–Crippen LogP) is 3.52. The van der Waals surface area contributed by atoms with E-state index in [1.54, 1.807) is 0 Å². The molecule has 20 heavy (non-hydrogen) atoms. The van der Waals surface area contributed by atoms with Crippen LogP contribution in [0.15, 0.2) is 18.2 Å². The molecule has 1 heterocycles. The normalized spacial score (nSPS) is 13.8. The van der Waals surface area contributed by atoms with Crippen molar-refractivity contribution in [1.82, 2.24) is 10.3 Å². The van der Waals surface area contributed by atoms with Crippen LogP contribution in [0.1, 0.15) is 41.9 Å². The SMILES string of the molecule is CC(C)NC(=O)c1ccc2c(Cl)c3c(nc2c1)CCC3. The highest BCUT2D eigenvalue weighted by Gasteiger charge is 2.19. The number of amides is 1. The van der Waals surface area contributed by atoms with Gasteiger partial charge in [0.1, 0.15) is 0 Å². The molecule has 1 amide bonds. The van der Waals surface area contributed by atoms with E-state index in [1.165, 1.54) is 5.56 Å². The van der Waals surface area contributed by atoms with Gasteiger partial charge in [0.2, 0.25) is 0 Å². The molecule has 0 aliphatic heterocycles. The topological polar surface area (TPSA) is 42.0 Å². The lowest BCUT2D eigenvalue weighted by Crippen LogP contribution is -2.30. The molecule has 3 rings (SSSR count). The van der Waals surface area contributed by atoms with Gasteiger partial charge in [0.05, 0.1) is 10.5 Å². The number of hydrogen-bond donors (Lipinski definition) is 1. The molecule has 1 aliphatic rings. The molecule has 0 spiro atoms. The van der Waals surface area contributed by atoms with E-state index < -0.39 is 0 Å². The monoisotopic (exact) mass is 288 g/mol. The molecule has 0 radical (unpaired) electrons. The zero-order valence-electron chi connectivity index (χ0n) is 11.7. The zero-order valence-corrected chi connectivity index (χ0v) is 12.4. The van der Waals surface area contributed by atoms with Gasteiger partial charge < -0.3 is 5.32 Å². The molecular weight excluding hydrogens is 272 g/mol. The average Bonchev–Trinajstić information content (AvgIpc) is 2.86. The lowest BCUT2D eigenvalue weighted by molar-refractivity contribution is 0.0943. The number of rotatable bonds is 2. The van der Waals surface area contributed by atoms with Crippen molar-refractivity contribution in [2.24, 2.45) is 0 Å². The summed E-state index contributed by atoms with van der Waals surface area (Å²) in [7, 11) is 0. The maximum absolute atomic E-state index is 12.0. The highest BCUT2D eigenvalue weighted by atomic mass is 35.5. The third-order valence-corrected chi connectivity index (χ3v) is 4.06. The molecule has 1 aromatic carbocycles. The minimum Gasteiger partial charge on any atom is -0.350 e. The first-order chi connectivity index (χ1) is 9.56. The molecule has 3 nitrogen and oxygen atoms in total. The summed E-state index contributed by atoms with van der Waals surface area (Å²) in [5, 5.41) is 4.63. The standard InChI is InChI=1S/C16H17ClN2O/c1-9(2)18-16(20)10-6-7-12-14(8-10)19-13-5-3-4-11(13)15(12)17/h6-9H,3-5H2,1-2H3,(H,18,20). The van der Waals surface area contributed by atoms with Crippen LogP contribution in [-0.4, -0.2) is 16.9 Å². The average molecular weight is 289 g/mol. The summed E-state index contributed by atoms with van der Waals surface area (Å²) >= 11 is 6.46. The van der Waals surface area contributed by atoms with Crippen LogP contribution in [0, 0.1) is 0 Å². The Balaban J connectivity index is 2.08. The fraction of sp³-hybridized carbons (Fsp3) is 0.375. The molecule has 0 fully saturated rings. The van der Waals surface area contributed by atoms with Crippen LogP contribution in [0.5, 0.6) is 0 Å². The summed E-state index contributed by atoms with van der Waals surface area (Å²) in [6, 6.07) is 5.67. The van der Waals surface area contributed by atoms with Crippen molar-refractivity contribution in [2.45, 2.75) is 39.2 Å². The van der Waals surface area contributed by atoms with Crippen LogP contribution in [0.4, 0.5) is 0 Å². The van der Waals surface area contributed by atoms with E-state index in [1.807, 2.05) is 32.0 Å². The van der Waals surface area contributed by atoms with Gasteiger partial charge in [-0.1, -0.05) is 17.7 Å². The number of halogens is 1. The summed E-state index contributed by atoms with van der Waals surface area (Å²) in [4.78, 5) is 16.7. The van der Waals surface area contributed by atoms with Crippen molar-refractivity contribution in [3.8, 4) is 0 Å². The van der Waals surface area contributed by atoms with Gasteiger partial charge in [0.25, 0.3) is 5.91 Å². The molecule has 4 heteroatoms. The predicted molar refractivity (Wildman–Crippen MR) is 81.4 cm³/mol. The highest BCUT2D eigenvalue weighted by Crippen LogP contribution is 2.33. The van der Waals surface area contributed by atoms with Crippen LogP contribution in [0.3, 0.4) is 0 Å². The highest BCUT2D eigenvalue weighted by molar-refractivity contribution is 6.36. The smallest absolute Gasteiger partial charge is 0.251 e. The van der Waals surface area contributed by atoms with E-state index in [9.17, 15) is 4.79 Å². The summed E-state index contributed by atoms with van der Waals surface area (Å²) < 4.78 is 0. The molecule has 0 saturated heterocycles. The molecule has 1 aliphatic carbocycles. The number of hydrogen-bond acceptors (Lipinski definition) is 2. The summed E-state index contributed by atoms with van der Waals surface area (Å²) in [5.74, 6) is -0.0691. The minimum absolute atomic E-state index is 0.0691. The number of carbonyl (C=O) groups excluding carboxylic acids is 1. The number of nitrogens with zero attached hydrogens (tertiary/aromatic N) is 1. The van der Waals surface area contributed by atoms with Crippen molar-refractivity contribution >= 4 is 28.4 Å². The molecule has 2 aromatic rings. The van der Waals surface area contributed by atoms with Crippen molar-refractivity contribution in [3.05, 3.63) is 40.0 Å². The maximum atomic E-state index is 12.0. The number of aromatic nitrogens is 1. The minimum atomic E-state index is -0.0691. The molecule has 0 bridgehead atoms. The maximum Gasteiger partial charge on any atom is 0.251 e. The molecule has 1 N–H and O–H groups in total. The largest absolute Gasteiger partial charge is 0.350 e. The molecule has 0 unspecified atom stereocenters. The first-order valence-electron chi connectivity index (χ1n) is 6.98. The van der Waals surface area contributed by atoms with Gasteiger partial charge >= 0.3 is 0 Å². The third-order valence-electron chi connectivity index (χ3n) is 3.63. The van der Waals surface area contributed by atoms with E-state index in [0.717, 1.165) is 40.9 Å². The first-order valence-corrected chi connectivity index (χ1v) is 7.36. The Labute approximate surface area is 123 Å². The van der Waals surface area contributed by atoms with Crippen molar-refractivity contribution in [3.63, 3.8) is 0 Å². The fourth-order valence-corrected chi connectivity index (χ4v) is 3.06. The molecule has 0 atom stereocenters. The van der Waals surface area contributed by atoms with Crippen LogP contribution < -0.4 is 5.32 Å². The fourth-order valence-electron chi connectivity index (χ4n) is 2.69. The van der Waals surface area contributed by atoms with Gasteiger partial charge in [-0.25, -0.2) is 0 Å². The zero-order chi connectivity index (χ0) is 14.3. The Morgan fingerprint density at radius 3 is 2.90 bits per heavy atom. The van der Waals surface area contributed by atoms with Gasteiger partial charge in [-0.05, 0) is 50.8 Å². The Hall–Kier alpha value is -1.61. The van der Waals surface area contributed by atoms with Crippen LogP contribution >= 0.6 is 11.6 Å². The number of fused-ring (bicyclic) bond motifs is 2. The van der Waals surface area contributed by atoms with Crippen LogP contribution in [0.25, 0.3) is 10.9 Å². The van der Waals surface area contributed by atoms with Gasteiger partial charge in [0, 0.05) is 22.7 Å². The van der Waals surface area contributed by atoms with E-state index in [2.05, 4.69) is 10.3 Å². The number of benzene rings is 1. The van der Waals surface area contributed by atoms with E-state index in [-0.39, 0.29) is 11.9 Å². The molecule has 0 saturated carbocycles. The second kappa shape index (κ2) is 5.06. The second-order valence-electron chi connectivity index (χ2n) is 5.56. The van der Waals surface area contributed by atoms with E-state index in [4.69, 9.17) is 11.6 Å². The lowest BCUT2D eigenvalue weighted by Gasteiger charge is -2.10. The van der Waals surface area contributed by atoms with E-state index >= 15 is 0 Å². The Kier molecular flexibility index (Phi) is 3.38. The molecule has 104 valence electrons. The number of aryl methyl sites for hydroxylation is 1. The number of pyridine rings is 1. The van der Waals surface area contributed by atoms with E-state index in [0.29, 0.717) is 5.56 Å². The number of nitrogens with one attached hydrogen (secondary N) is 1. The second-order valence-corrected chi connectivity index (χ2v) is 5.94. The summed E-state index contributed by atoms with van der Waals surface area (Å²) in [6.45, 7) is 3.89. The van der Waals surface area contributed by atoms with Crippen molar-refractivity contribution in [2.75, 3.05) is 0 Å². The van der Waals surface area contributed by atoms with Gasteiger partial charge in [-0.3, -0.25) is 9.78 Å².